The van der Waals surface area contributed by atoms with Crippen LogP contribution >= 0.6 is 0 Å². The third-order valence-corrected chi connectivity index (χ3v) is 2.91. The maximum absolute atomic E-state index is 11.9. The van der Waals surface area contributed by atoms with Crippen LogP contribution in [0.2, 0.25) is 0 Å². The van der Waals surface area contributed by atoms with Crippen LogP contribution in [-0.4, -0.2) is 17.8 Å². The Bertz CT molecular complexity index is 672. The molecule has 0 heterocycles. The van der Waals surface area contributed by atoms with Crippen molar-refractivity contribution in [3.05, 3.63) is 75.8 Å². The Kier molecular flexibility index (Phi) is 4.46. The summed E-state index contributed by atoms with van der Waals surface area (Å²) in [6.07, 6.45) is 3.12. The molecule has 2 aromatic carbocycles. The topological polar surface area (TPSA) is 69.4 Å². The lowest BCUT2D eigenvalue weighted by Gasteiger charge is -1.99. The molecule has 0 saturated heterocycles. The first-order chi connectivity index (χ1) is 10.1. The SMILES string of the molecule is COc1ccc(/C=C\C(=O)c2ccc([N+](=O)[O-])cc2)cc1. The summed E-state index contributed by atoms with van der Waals surface area (Å²) in [6, 6.07) is 12.8. The Morgan fingerprint density at radius 1 is 1.10 bits per heavy atom. The van der Waals surface area contributed by atoms with E-state index in [1.165, 1.54) is 30.3 Å². The minimum absolute atomic E-state index is 0.0364. The number of nitrogens with zero attached hydrogens (tertiary/aromatic N) is 1. The van der Waals surface area contributed by atoms with Gasteiger partial charge in [-0.3, -0.25) is 14.9 Å². The van der Waals surface area contributed by atoms with E-state index in [1.54, 1.807) is 25.3 Å². The van der Waals surface area contributed by atoms with Gasteiger partial charge in [-0.1, -0.05) is 18.2 Å². The highest BCUT2D eigenvalue weighted by Gasteiger charge is 2.07. The lowest BCUT2D eigenvalue weighted by Crippen LogP contribution is -1.95. The van der Waals surface area contributed by atoms with Crippen molar-refractivity contribution >= 4 is 17.5 Å². The Labute approximate surface area is 121 Å². The Morgan fingerprint density at radius 2 is 1.71 bits per heavy atom. The number of rotatable bonds is 5. The van der Waals surface area contributed by atoms with Gasteiger partial charge in [-0.15, -0.1) is 0 Å². The molecule has 0 N–H and O–H groups in total. The fourth-order valence-corrected chi connectivity index (χ4v) is 1.73. The number of methoxy groups -OCH3 is 1. The van der Waals surface area contributed by atoms with Crippen LogP contribution in [0.1, 0.15) is 15.9 Å². The van der Waals surface area contributed by atoms with Crippen LogP contribution in [0.3, 0.4) is 0 Å². The summed E-state index contributed by atoms with van der Waals surface area (Å²) in [5.74, 6) is 0.537. The van der Waals surface area contributed by atoms with Crippen LogP contribution in [0.25, 0.3) is 6.08 Å². The summed E-state index contributed by atoms with van der Waals surface area (Å²) in [6.45, 7) is 0. The van der Waals surface area contributed by atoms with E-state index in [2.05, 4.69) is 0 Å². The number of non-ortho nitro benzene ring substituents is 1. The molecule has 2 aromatic rings. The van der Waals surface area contributed by atoms with Crippen LogP contribution in [-0.2, 0) is 0 Å². The predicted octanol–water partition coefficient (Wildman–Crippen LogP) is 3.50. The summed E-state index contributed by atoms with van der Waals surface area (Å²) >= 11 is 0. The first-order valence-electron chi connectivity index (χ1n) is 6.21. The first-order valence-corrected chi connectivity index (χ1v) is 6.21. The largest absolute Gasteiger partial charge is 0.497 e. The van der Waals surface area contributed by atoms with Crippen LogP contribution in [0.15, 0.2) is 54.6 Å². The third kappa shape index (κ3) is 3.76. The third-order valence-electron chi connectivity index (χ3n) is 2.91. The molecule has 21 heavy (non-hydrogen) atoms. The first kappa shape index (κ1) is 14.5. The number of carbonyl (C=O) groups excluding carboxylic acids is 1. The quantitative estimate of drug-likeness (QED) is 0.364. The van der Waals surface area contributed by atoms with Gasteiger partial charge in [0.15, 0.2) is 5.78 Å². The van der Waals surface area contributed by atoms with Gasteiger partial charge < -0.3 is 4.74 Å². The lowest BCUT2D eigenvalue weighted by molar-refractivity contribution is -0.384. The van der Waals surface area contributed by atoms with Gasteiger partial charge in [-0.05, 0) is 35.9 Å². The number of nitro groups is 1. The van der Waals surface area contributed by atoms with Gasteiger partial charge in [-0.2, -0.15) is 0 Å². The standard InChI is InChI=1S/C16H13NO4/c1-21-15-9-2-12(3-10-15)4-11-16(18)13-5-7-14(8-6-13)17(19)20/h2-11H,1H3/b11-4-. The van der Waals surface area contributed by atoms with Crippen molar-refractivity contribution in [2.24, 2.45) is 0 Å². The van der Waals surface area contributed by atoms with Gasteiger partial charge in [0.25, 0.3) is 5.69 Å². The second kappa shape index (κ2) is 6.47. The molecule has 2 rings (SSSR count). The molecule has 0 aliphatic rings. The van der Waals surface area contributed by atoms with Crippen molar-refractivity contribution in [2.45, 2.75) is 0 Å². The highest BCUT2D eigenvalue weighted by molar-refractivity contribution is 6.06. The molecular formula is C16H13NO4. The molecule has 106 valence electrons. The number of carbonyl (C=O) groups is 1. The molecule has 0 aliphatic heterocycles. The monoisotopic (exact) mass is 283 g/mol. The molecule has 0 spiro atoms. The molecule has 0 fully saturated rings. The normalized spacial score (nSPS) is 10.5. The Morgan fingerprint density at radius 3 is 2.24 bits per heavy atom. The number of benzene rings is 2. The molecule has 0 aromatic heterocycles. The van der Waals surface area contributed by atoms with Crippen LogP contribution in [0.4, 0.5) is 5.69 Å². The van der Waals surface area contributed by atoms with Crippen LogP contribution in [0, 0.1) is 10.1 Å². The summed E-state index contributed by atoms with van der Waals surface area (Å²) in [5.41, 5.74) is 1.24. The zero-order chi connectivity index (χ0) is 15.2. The molecule has 5 nitrogen and oxygen atoms in total. The minimum Gasteiger partial charge on any atom is -0.497 e. The molecule has 0 aliphatic carbocycles. The van der Waals surface area contributed by atoms with Crippen molar-refractivity contribution < 1.29 is 14.5 Å². The number of ketones is 1. The number of allylic oxidation sites excluding steroid dienone is 1. The van der Waals surface area contributed by atoms with Crippen molar-refractivity contribution in [3.63, 3.8) is 0 Å². The van der Waals surface area contributed by atoms with Crippen molar-refractivity contribution in [1.82, 2.24) is 0 Å². The summed E-state index contributed by atoms with van der Waals surface area (Å²) in [4.78, 5) is 22.0. The van der Waals surface area contributed by atoms with Gasteiger partial charge in [0.1, 0.15) is 5.75 Å². The maximum atomic E-state index is 11.9. The van der Waals surface area contributed by atoms with E-state index < -0.39 is 4.92 Å². The zero-order valence-electron chi connectivity index (χ0n) is 11.4. The van der Waals surface area contributed by atoms with Crippen LogP contribution < -0.4 is 4.74 Å². The predicted molar refractivity (Wildman–Crippen MR) is 79.5 cm³/mol. The summed E-state index contributed by atoms with van der Waals surface area (Å²) in [5, 5.41) is 10.5. The molecule has 0 amide bonds. The highest BCUT2D eigenvalue weighted by Crippen LogP contribution is 2.15. The molecule has 0 saturated carbocycles. The summed E-state index contributed by atoms with van der Waals surface area (Å²) < 4.78 is 5.05. The molecule has 0 atom stereocenters. The lowest BCUT2D eigenvalue weighted by atomic mass is 10.1. The molecule has 0 radical (unpaired) electrons. The number of nitro benzene ring substituents is 1. The second-order valence-corrected chi connectivity index (χ2v) is 4.27. The molecule has 0 unspecified atom stereocenters. The maximum Gasteiger partial charge on any atom is 0.269 e. The molecule has 0 bridgehead atoms. The van der Waals surface area contributed by atoms with Gasteiger partial charge in [0, 0.05) is 17.7 Å². The van der Waals surface area contributed by atoms with Gasteiger partial charge >= 0.3 is 0 Å². The van der Waals surface area contributed by atoms with Crippen molar-refractivity contribution in [2.75, 3.05) is 7.11 Å². The van der Waals surface area contributed by atoms with E-state index in [1.807, 2.05) is 12.1 Å². The molecular weight excluding hydrogens is 270 g/mol. The highest BCUT2D eigenvalue weighted by atomic mass is 16.6. The van der Waals surface area contributed by atoms with E-state index in [9.17, 15) is 14.9 Å². The van der Waals surface area contributed by atoms with Gasteiger partial charge in [0.05, 0.1) is 12.0 Å². The molecule has 5 heteroatoms. The number of hydrogen-bond donors (Lipinski definition) is 0. The van der Waals surface area contributed by atoms with Crippen molar-refractivity contribution in [1.29, 1.82) is 0 Å². The average Bonchev–Trinajstić information content (AvgIpc) is 2.53. The zero-order valence-corrected chi connectivity index (χ0v) is 11.4. The van der Waals surface area contributed by atoms with Crippen molar-refractivity contribution in [3.8, 4) is 5.75 Å². The fraction of sp³-hybridized carbons (Fsp3) is 0.0625. The number of hydrogen-bond acceptors (Lipinski definition) is 4. The van der Waals surface area contributed by atoms with E-state index in [0.29, 0.717) is 5.56 Å². The van der Waals surface area contributed by atoms with E-state index in [0.717, 1.165) is 11.3 Å². The van der Waals surface area contributed by atoms with E-state index >= 15 is 0 Å². The van der Waals surface area contributed by atoms with E-state index in [4.69, 9.17) is 4.74 Å². The van der Waals surface area contributed by atoms with Gasteiger partial charge in [0.2, 0.25) is 0 Å². The van der Waals surface area contributed by atoms with E-state index in [-0.39, 0.29) is 11.5 Å². The van der Waals surface area contributed by atoms with Gasteiger partial charge in [-0.25, -0.2) is 0 Å². The Hall–Kier alpha value is -2.95. The Balaban J connectivity index is 2.09. The minimum atomic E-state index is -0.499. The summed E-state index contributed by atoms with van der Waals surface area (Å²) in [7, 11) is 1.59. The second-order valence-electron chi connectivity index (χ2n) is 4.27. The average molecular weight is 283 g/mol. The number of ether oxygens (including phenoxy) is 1. The fourth-order valence-electron chi connectivity index (χ4n) is 1.73. The van der Waals surface area contributed by atoms with Crippen LogP contribution in [0.5, 0.6) is 5.75 Å². The smallest absolute Gasteiger partial charge is 0.269 e.